The highest BCUT2D eigenvalue weighted by Crippen LogP contribution is 2.40. The zero-order chi connectivity index (χ0) is 16.7. The van der Waals surface area contributed by atoms with Crippen molar-refractivity contribution >= 4 is 12.2 Å². The van der Waals surface area contributed by atoms with Crippen LogP contribution in [0.2, 0.25) is 0 Å². The van der Waals surface area contributed by atoms with Gasteiger partial charge in [0.1, 0.15) is 11.4 Å². The van der Waals surface area contributed by atoms with E-state index in [0.717, 1.165) is 6.41 Å². The van der Waals surface area contributed by atoms with Crippen molar-refractivity contribution in [1.29, 1.82) is 0 Å². The van der Waals surface area contributed by atoms with Gasteiger partial charge in [-0.1, -0.05) is 0 Å². The van der Waals surface area contributed by atoms with Crippen LogP contribution < -0.4 is 10.4 Å². The van der Waals surface area contributed by atoms with E-state index < -0.39 is 11.3 Å². The van der Waals surface area contributed by atoms with E-state index in [4.69, 9.17) is 4.74 Å². The van der Waals surface area contributed by atoms with Gasteiger partial charge >= 0.3 is 5.69 Å². The number of piperidine rings is 1. The SMILES string of the molecule is O=CN1CCC2(CC1)CC(=O)c1cc(-c3n[nH]c(=O)[nH]3)ccc1O2. The van der Waals surface area contributed by atoms with Gasteiger partial charge in [-0.3, -0.25) is 14.6 Å². The largest absolute Gasteiger partial charge is 0.486 e. The first-order valence-corrected chi connectivity index (χ1v) is 7.79. The Morgan fingerprint density at radius 1 is 1.25 bits per heavy atom. The molecule has 8 heteroatoms. The number of hydrogen-bond acceptors (Lipinski definition) is 5. The molecule has 1 saturated heterocycles. The van der Waals surface area contributed by atoms with Gasteiger partial charge in [0.05, 0.1) is 12.0 Å². The Bertz CT molecular complexity index is 861. The minimum atomic E-state index is -0.522. The quantitative estimate of drug-likeness (QED) is 0.790. The Labute approximate surface area is 136 Å². The first-order chi connectivity index (χ1) is 11.6. The van der Waals surface area contributed by atoms with Crippen LogP contribution in [-0.4, -0.2) is 51.0 Å². The molecule has 2 aliphatic rings. The summed E-state index contributed by atoms with van der Waals surface area (Å²) in [5.74, 6) is 0.943. The highest BCUT2D eigenvalue weighted by Gasteiger charge is 2.42. The molecule has 2 aromatic rings. The molecule has 1 spiro atoms. The standard InChI is InChI=1S/C16H16N4O4/c21-9-20-5-3-16(4-6-20)8-12(22)11-7-10(1-2-13(11)24-16)14-17-15(23)19-18-14/h1-2,7,9H,3-6,8H2,(H2,17,18,19,23). The van der Waals surface area contributed by atoms with E-state index >= 15 is 0 Å². The second-order valence-corrected chi connectivity index (χ2v) is 6.26. The maximum atomic E-state index is 12.6. The smallest absolute Gasteiger partial charge is 0.340 e. The summed E-state index contributed by atoms with van der Waals surface area (Å²) in [6, 6.07) is 5.19. The number of carbonyl (C=O) groups excluding carboxylic acids is 2. The van der Waals surface area contributed by atoms with Crippen molar-refractivity contribution in [3.63, 3.8) is 0 Å². The number of ether oxygens (including phenoxy) is 1. The van der Waals surface area contributed by atoms with Crippen LogP contribution in [0, 0.1) is 0 Å². The molecule has 0 radical (unpaired) electrons. The van der Waals surface area contributed by atoms with Crippen molar-refractivity contribution < 1.29 is 14.3 Å². The number of rotatable bonds is 2. The molecule has 1 aromatic carbocycles. The third kappa shape index (κ3) is 2.40. The Kier molecular flexibility index (Phi) is 3.26. The summed E-state index contributed by atoms with van der Waals surface area (Å²) >= 11 is 0. The molecule has 24 heavy (non-hydrogen) atoms. The van der Waals surface area contributed by atoms with Gasteiger partial charge in [-0.2, -0.15) is 5.10 Å². The average molecular weight is 328 g/mol. The van der Waals surface area contributed by atoms with E-state index in [1.807, 2.05) is 0 Å². The van der Waals surface area contributed by atoms with Crippen LogP contribution in [0.1, 0.15) is 29.6 Å². The summed E-state index contributed by atoms with van der Waals surface area (Å²) in [4.78, 5) is 38.9. The number of aromatic nitrogens is 3. The van der Waals surface area contributed by atoms with Crippen molar-refractivity contribution in [2.45, 2.75) is 24.9 Å². The van der Waals surface area contributed by atoms with Gasteiger partial charge in [-0.05, 0) is 18.2 Å². The lowest BCUT2D eigenvalue weighted by atomic mass is 9.82. The zero-order valence-corrected chi connectivity index (χ0v) is 12.9. The molecule has 1 aromatic heterocycles. The molecular weight excluding hydrogens is 312 g/mol. The van der Waals surface area contributed by atoms with Crippen LogP contribution in [0.4, 0.5) is 0 Å². The summed E-state index contributed by atoms with van der Waals surface area (Å²) in [6.45, 7) is 1.19. The summed E-state index contributed by atoms with van der Waals surface area (Å²) < 4.78 is 6.16. The van der Waals surface area contributed by atoms with E-state index in [0.29, 0.717) is 55.1 Å². The summed E-state index contributed by atoms with van der Waals surface area (Å²) in [7, 11) is 0. The van der Waals surface area contributed by atoms with Gasteiger partial charge in [0.25, 0.3) is 0 Å². The number of benzene rings is 1. The number of aromatic amines is 2. The van der Waals surface area contributed by atoms with Gasteiger partial charge in [0.2, 0.25) is 6.41 Å². The maximum Gasteiger partial charge on any atom is 0.340 e. The first kappa shape index (κ1) is 14.7. The maximum absolute atomic E-state index is 12.6. The molecule has 0 atom stereocenters. The highest BCUT2D eigenvalue weighted by molar-refractivity contribution is 6.01. The Balaban J connectivity index is 1.64. The fraction of sp³-hybridized carbons (Fsp3) is 0.375. The molecule has 2 aliphatic heterocycles. The third-order valence-electron chi connectivity index (χ3n) is 4.72. The predicted molar refractivity (Wildman–Crippen MR) is 83.8 cm³/mol. The molecule has 0 aliphatic carbocycles. The number of Topliss-reactive ketones (excluding diaryl/α,β-unsaturated/α-hetero) is 1. The number of amides is 1. The van der Waals surface area contributed by atoms with Crippen molar-refractivity contribution in [2.24, 2.45) is 0 Å². The topological polar surface area (TPSA) is 108 Å². The Hall–Kier alpha value is -2.90. The Morgan fingerprint density at radius 3 is 2.71 bits per heavy atom. The van der Waals surface area contributed by atoms with E-state index in [1.165, 1.54) is 0 Å². The monoisotopic (exact) mass is 328 g/mol. The van der Waals surface area contributed by atoms with Gasteiger partial charge in [-0.15, -0.1) is 0 Å². The van der Waals surface area contributed by atoms with Crippen molar-refractivity contribution in [3.8, 4) is 17.1 Å². The Morgan fingerprint density at radius 2 is 2.04 bits per heavy atom. The number of carbonyl (C=O) groups is 2. The number of nitrogens with one attached hydrogen (secondary N) is 2. The fourth-order valence-electron chi connectivity index (χ4n) is 3.36. The molecule has 0 bridgehead atoms. The highest BCUT2D eigenvalue weighted by atomic mass is 16.5. The van der Waals surface area contributed by atoms with Gasteiger partial charge < -0.3 is 9.64 Å². The van der Waals surface area contributed by atoms with Crippen LogP contribution in [0.25, 0.3) is 11.4 Å². The normalized spacial score (nSPS) is 19.0. The molecular formula is C16H16N4O4. The number of fused-ring (bicyclic) bond motifs is 1. The molecule has 0 saturated carbocycles. The van der Waals surface area contributed by atoms with E-state index in [2.05, 4.69) is 15.2 Å². The molecule has 0 unspecified atom stereocenters. The van der Waals surface area contributed by atoms with Crippen LogP contribution in [0.3, 0.4) is 0 Å². The minimum absolute atomic E-state index is 0.00976. The van der Waals surface area contributed by atoms with Gasteiger partial charge in [0.15, 0.2) is 11.6 Å². The zero-order valence-electron chi connectivity index (χ0n) is 12.9. The summed E-state index contributed by atoms with van der Waals surface area (Å²) in [5, 5.41) is 6.18. The van der Waals surface area contributed by atoms with E-state index in [1.54, 1.807) is 23.1 Å². The average Bonchev–Trinajstić information content (AvgIpc) is 3.02. The molecule has 2 N–H and O–H groups in total. The van der Waals surface area contributed by atoms with Crippen LogP contribution >= 0.6 is 0 Å². The van der Waals surface area contributed by atoms with Crippen LogP contribution in [0.15, 0.2) is 23.0 Å². The second-order valence-electron chi connectivity index (χ2n) is 6.26. The second kappa shape index (κ2) is 5.33. The van der Waals surface area contributed by atoms with Crippen LogP contribution in [-0.2, 0) is 4.79 Å². The molecule has 1 amide bonds. The first-order valence-electron chi connectivity index (χ1n) is 7.79. The number of ketones is 1. The number of likely N-dealkylation sites (tertiary alicyclic amines) is 1. The van der Waals surface area contributed by atoms with Crippen molar-refractivity contribution in [3.05, 3.63) is 34.2 Å². The predicted octanol–water partition coefficient (Wildman–Crippen LogP) is 0.721. The molecule has 3 heterocycles. The third-order valence-corrected chi connectivity index (χ3v) is 4.72. The van der Waals surface area contributed by atoms with E-state index in [-0.39, 0.29) is 5.78 Å². The lowest BCUT2D eigenvalue weighted by Crippen LogP contribution is -2.50. The minimum Gasteiger partial charge on any atom is -0.486 e. The lowest BCUT2D eigenvalue weighted by Gasteiger charge is -2.43. The summed E-state index contributed by atoms with van der Waals surface area (Å²) in [6.07, 6.45) is 2.42. The number of nitrogens with zero attached hydrogens (tertiary/aromatic N) is 2. The van der Waals surface area contributed by atoms with E-state index in [9.17, 15) is 14.4 Å². The van der Waals surface area contributed by atoms with Crippen molar-refractivity contribution in [1.82, 2.24) is 20.1 Å². The molecule has 124 valence electrons. The number of hydrogen-bond donors (Lipinski definition) is 2. The number of H-pyrrole nitrogens is 2. The van der Waals surface area contributed by atoms with Crippen LogP contribution in [0.5, 0.6) is 5.75 Å². The van der Waals surface area contributed by atoms with Gasteiger partial charge in [0, 0.05) is 31.5 Å². The fourth-order valence-corrected chi connectivity index (χ4v) is 3.36. The summed E-state index contributed by atoms with van der Waals surface area (Å²) in [5.41, 5.74) is 0.230. The van der Waals surface area contributed by atoms with Crippen molar-refractivity contribution in [2.75, 3.05) is 13.1 Å². The molecule has 4 rings (SSSR count). The molecule has 1 fully saturated rings. The lowest BCUT2D eigenvalue weighted by molar-refractivity contribution is -0.121. The molecule has 8 nitrogen and oxygen atoms in total. The van der Waals surface area contributed by atoms with Gasteiger partial charge in [-0.25, -0.2) is 9.89 Å².